The fourth-order valence-electron chi connectivity index (χ4n) is 2.01. The van der Waals surface area contributed by atoms with Crippen LogP contribution >= 0.6 is 0 Å². The van der Waals surface area contributed by atoms with Crippen LogP contribution in [0.3, 0.4) is 0 Å². The molecule has 1 rings (SSSR count). The number of halogens is 1. The van der Waals surface area contributed by atoms with Crippen molar-refractivity contribution in [1.29, 1.82) is 0 Å². The SMILES string of the molecule is O=CC(CF)C1CCCCCC1. The van der Waals surface area contributed by atoms with Gasteiger partial charge in [-0.2, -0.15) is 0 Å². The molecule has 1 aliphatic carbocycles. The number of carbonyl (C=O) groups excluding carboxylic acids is 1. The van der Waals surface area contributed by atoms with E-state index in [1.54, 1.807) is 0 Å². The molecule has 1 nitrogen and oxygen atoms in total. The van der Waals surface area contributed by atoms with Crippen LogP contribution in [0.15, 0.2) is 0 Å². The van der Waals surface area contributed by atoms with Crippen LogP contribution in [-0.4, -0.2) is 13.0 Å². The van der Waals surface area contributed by atoms with E-state index >= 15 is 0 Å². The maximum absolute atomic E-state index is 12.3. The molecule has 1 aliphatic rings. The smallest absolute Gasteiger partial charge is 0.125 e. The lowest BCUT2D eigenvalue weighted by atomic mass is 9.88. The van der Waals surface area contributed by atoms with Crippen molar-refractivity contribution in [3.63, 3.8) is 0 Å². The van der Waals surface area contributed by atoms with Gasteiger partial charge in [0.1, 0.15) is 6.29 Å². The van der Waals surface area contributed by atoms with Crippen molar-refractivity contribution in [2.24, 2.45) is 11.8 Å². The van der Waals surface area contributed by atoms with E-state index in [9.17, 15) is 9.18 Å². The summed E-state index contributed by atoms with van der Waals surface area (Å²) >= 11 is 0. The lowest BCUT2D eigenvalue weighted by Gasteiger charge is -2.17. The zero-order valence-corrected chi connectivity index (χ0v) is 7.47. The van der Waals surface area contributed by atoms with Gasteiger partial charge in [-0.25, -0.2) is 0 Å². The topological polar surface area (TPSA) is 17.1 Å². The van der Waals surface area contributed by atoms with Gasteiger partial charge in [0, 0.05) is 5.92 Å². The normalized spacial score (nSPS) is 23.1. The predicted octanol–water partition coefficient (Wildman–Crippen LogP) is 2.74. The van der Waals surface area contributed by atoms with Crippen molar-refractivity contribution in [2.45, 2.75) is 38.5 Å². The summed E-state index contributed by atoms with van der Waals surface area (Å²) in [5.74, 6) is 0.0121. The Hall–Kier alpha value is -0.400. The molecule has 2 heteroatoms. The Morgan fingerprint density at radius 1 is 1.25 bits per heavy atom. The van der Waals surface area contributed by atoms with Gasteiger partial charge in [-0.05, 0) is 18.8 Å². The molecule has 0 aromatic rings. The van der Waals surface area contributed by atoms with Crippen LogP contribution in [0, 0.1) is 11.8 Å². The minimum Gasteiger partial charge on any atom is -0.303 e. The van der Waals surface area contributed by atoms with E-state index in [2.05, 4.69) is 0 Å². The van der Waals surface area contributed by atoms with E-state index in [0.29, 0.717) is 5.92 Å². The zero-order valence-electron chi connectivity index (χ0n) is 7.47. The van der Waals surface area contributed by atoms with Crippen LogP contribution in [-0.2, 0) is 4.79 Å². The average Bonchev–Trinajstić information content (AvgIpc) is 2.35. The molecule has 0 aromatic carbocycles. The van der Waals surface area contributed by atoms with Crippen LogP contribution in [0.4, 0.5) is 4.39 Å². The molecule has 0 bridgehead atoms. The first-order valence-corrected chi connectivity index (χ1v) is 4.89. The summed E-state index contributed by atoms with van der Waals surface area (Å²) in [5, 5.41) is 0. The van der Waals surface area contributed by atoms with Gasteiger partial charge in [-0.3, -0.25) is 4.39 Å². The molecule has 12 heavy (non-hydrogen) atoms. The fourth-order valence-corrected chi connectivity index (χ4v) is 2.01. The van der Waals surface area contributed by atoms with Gasteiger partial charge in [0.05, 0.1) is 6.67 Å². The monoisotopic (exact) mass is 172 g/mol. The second-order valence-corrected chi connectivity index (χ2v) is 3.71. The minimum atomic E-state index is -0.464. The molecule has 0 heterocycles. The molecule has 1 atom stereocenters. The molecule has 1 unspecified atom stereocenters. The van der Waals surface area contributed by atoms with Crippen molar-refractivity contribution in [1.82, 2.24) is 0 Å². The first-order chi connectivity index (χ1) is 5.88. The Balaban J connectivity index is 2.40. The minimum absolute atomic E-state index is 0.317. The van der Waals surface area contributed by atoms with E-state index in [1.807, 2.05) is 0 Å². The number of hydrogen-bond acceptors (Lipinski definition) is 1. The van der Waals surface area contributed by atoms with Crippen molar-refractivity contribution >= 4 is 6.29 Å². The predicted molar refractivity (Wildman–Crippen MR) is 46.7 cm³/mol. The third kappa shape index (κ3) is 2.58. The Labute approximate surface area is 73.3 Å². The summed E-state index contributed by atoms with van der Waals surface area (Å²) in [6.07, 6.45) is 7.77. The molecule has 0 spiro atoms. The first kappa shape index (κ1) is 9.69. The highest BCUT2D eigenvalue weighted by Gasteiger charge is 2.21. The Bertz CT molecular complexity index is 128. The highest BCUT2D eigenvalue weighted by atomic mass is 19.1. The third-order valence-corrected chi connectivity index (χ3v) is 2.86. The summed E-state index contributed by atoms with van der Waals surface area (Å²) in [6.45, 7) is -0.464. The standard InChI is InChI=1S/C10H17FO/c11-7-10(8-12)9-5-3-1-2-4-6-9/h8-10H,1-7H2. The van der Waals surface area contributed by atoms with Crippen LogP contribution in [0.1, 0.15) is 38.5 Å². The molecule has 0 aliphatic heterocycles. The van der Waals surface area contributed by atoms with Gasteiger partial charge in [-0.1, -0.05) is 25.7 Å². The van der Waals surface area contributed by atoms with E-state index in [4.69, 9.17) is 0 Å². The number of rotatable bonds is 3. The van der Waals surface area contributed by atoms with E-state index < -0.39 is 6.67 Å². The summed E-state index contributed by atoms with van der Waals surface area (Å²) in [5.41, 5.74) is 0. The first-order valence-electron chi connectivity index (χ1n) is 4.89. The van der Waals surface area contributed by atoms with Gasteiger partial charge in [0.2, 0.25) is 0 Å². The van der Waals surface area contributed by atoms with Gasteiger partial charge < -0.3 is 4.79 Å². The van der Waals surface area contributed by atoms with Gasteiger partial charge in [-0.15, -0.1) is 0 Å². The molecule has 0 saturated heterocycles. The highest BCUT2D eigenvalue weighted by molar-refractivity contribution is 5.54. The molecule has 1 saturated carbocycles. The largest absolute Gasteiger partial charge is 0.303 e. The van der Waals surface area contributed by atoms with E-state index in [-0.39, 0.29) is 5.92 Å². The third-order valence-electron chi connectivity index (χ3n) is 2.86. The Kier molecular flexibility index (Phi) is 4.26. The van der Waals surface area contributed by atoms with Crippen LogP contribution in [0.25, 0.3) is 0 Å². The number of carbonyl (C=O) groups is 1. The zero-order chi connectivity index (χ0) is 8.81. The van der Waals surface area contributed by atoms with E-state index in [0.717, 1.165) is 19.1 Å². The van der Waals surface area contributed by atoms with Crippen molar-refractivity contribution in [2.75, 3.05) is 6.67 Å². The van der Waals surface area contributed by atoms with Gasteiger partial charge >= 0.3 is 0 Å². The number of alkyl halides is 1. The fraction of sp³-hybridized carbons (Fsp3) is 0.900. The summed E-state index contributed by atoms with van der Waals surface area (Å²) in [4.78, 5) is 10.5. The highest BCUT2D eigenvalue weighted by Crippen LogP contribution is 2.28. The Morgan fingerprint density at radius 2 is 1.83 bits per heavy atom. The Morgan fingerprint density at radius 3 is 2.25 bits per heavy atom. The van der Waals surface area contributed by atoms with Crippen molar-refractivity contribution in [3.05, 3.63) is 0 Å². The molecule has 0 radical (unpaired) electrons. The lowest BCUT2D eigenvalue weighted by molar-refractivity contribution is -0.113. The molecule has 0 amide bonds. The van der Waals surface area contributed by atoms with Crippen LogP contribution in [0.2, 0.25) is 0 Å². The molecular weight excluding hydrogens is 155 g/mol. The average molecular weight is 172 g/mol. The van der Waals surface area contributed by atoms with Crippen LogP contribution < -0.4 is 0 Å². The molecule has 1 fully saturated rings. The molecular formula is C10H17FO. The van der Waals surface area contributed by atoms with E-state index in [1.165, 1.54) is 25.7 Å². The summed E-state index contributed by atoms with van der Waals surface area (Å²) < 4.78 is 12.3. The van der Waals surface area contributed by atoms with Gasteiger partial charge in [0.15, 0.2) is 0 Å². The summed E-state index contributed by atoms with van der Waals surface area (Å²) in [6, 6.07) is 0. The van der Waals surface area contributed by atoms with Crippen molar-refractivity contribution in [3.8, 4) is 0 Å². The maximum atomic E-state index is 12.3. The van der Waals surface area contributed by atoms with Crippen LogP contribution in [0.5, 0.6) is 0 Å². The second-order valence-electron chi connectivity index (χ2n) is 3.71. The summed E-state index contributed by atoms with van der Waals surface area (Å²) in [7, 11) is 0. The quantitative estimate of drug-likeness (QED) is 0.472. The maximum Gasteiger partial charge on any atom is 0.125 e. The molecule has 0 aromatic heterocycles. The number of hydrogen-bond donors (Lipinski definition) is 0. The lowest BCUT2D eigenvalue weighted by Crippen LogP contribution is -2.17. The molecule has 0 N–H and O–H groups in total. The number of aldehydes is 1. The molecule has 70 valence electrons. The second kappa shape index (κ2) is 5.28. The van der Waals surface area contributed by atoms with Gasteiger partial charge in [0.25, 0.3) is 0 Å². The van der Waals surface area contributed by atoms with Crippen molar-refractivity contribution < 1.29 is 9.18 Å².